The van der Waals surface area contributed by atoms with Gasteiger partial charge in [0.15, 0.2) is 5.17 Å². The highest BCUT2D eigenvalue weighted by atomic mass is 32.2. The second-order valence-corrected chi connectivity index (χ2v) is 8.00. The quantitative estimate of drug-likeness (QED) is 0.626. The van der Waals surface area contributed by atoms with E-state index in [0.29, 0.717) is 22.3 Å². The molecule has 1 unspecified atom stereocenters. The standard InChI is InChI=1S/C24H21N3O3S/c1-30-20-14-8-11-18(15-20)25-23(29)21-16-22(28)27(19-12-6-3-7-13-19)24(31-21)26-17-9-4-2-5-10-17/h2-15,21H,16H2,1H3,(H,25,29). The van der Waals surface area contributed by atoms with Gasteiger partial charge in [0.1, 0.15) is 11.0 Å². The molecule has 0 aromatic heterocycles. The van der Waals surface area contributed by atoms with Crippen LogP contribution in [0.4, 0.5) is 17.1 Å². The average molecular weight is 432 g/mol. The molecule has 3 aromatic rings. The van der Waals surface area contributed by atoms with E-state index in [2.05, 4.69) is 10.3 Å². The molecule has 0 radical (unpaired) electrons. The number of anilines is 2. The highest BCUT2D eigenvalue weighted by Gasteiger charge is 2.36. The summed E-state index contributed by atoms with van der Waals surface area (Å²) >= 11 is 1.28. The van der Waals surface area contributed by atoms with Crippen LogP contribution in [-0.2, 0) is 9.59 Å². The third kappa shape index (κ3) is 4.95. The van der Waals surface area contributed by atoms with E-state index >= 15 is 0 Å². The molecule has 0 aliphatic carbocycles. The molecule has 3 aromatic carbocycles. The maximum Gasteiger partial charge on any atom is 0.238 e. The van der Waals surface area contributed by atoms with Crippen LogP contribution in [0.1, 0.15) is 6.42 Å². The molecule has 31 heavy (non-hydrogen) atoms. The van der Waals surface area contributed by atoms with Gasteiger partial charge in [-0.2, -0.15) is 0 Å². The van der Waals surface area contributed by atoms with Crippen LogP contribution in [0.25, 0.3) is 0 Å². The third-order valence-electron chi connectivity index (χ3n) is 4.67. The van der Waals surface area contributed by atoms with E-state index in [1.54, 1.807) is 36.3 Å². The molecule has 0 saturated carbocycles. The number of amides is 2. The van der Waals surface area contributed by atoms with E-state index in [1.165, 1.54) is 11.8 Å². The Morgan fingerprint density at radius 3 is 2.45 bits per heavy atom. The van der Waals surface area contributed by atoms with E-state index in [4.69, 9.17) is 4.74 Å². The van der Waals surface area contributed by atoms with Crippen LogP contribution < -0.4 is 15.0 Å². The van der Waals surface area contributed by atoms with Crippen molar-refractivity contribution in [2.24, 2.45) is 4.99 Å². The predicted molar refractivity (Wildman–Crippen MR) is 125 cm³/mol. The van der Waals surface area contributed by atoms with Crippen molar-refractivity contribution in [2.45, 2.75) is 11.7 Å². The maximum atomic E-state index is 13.1. The van der Waals surface area contributed by atoms with Crippen molar-refractivity contribution in [2.75, 3.05) is 17.3 Å². The number of hydrogen-bond acceptors (Lipinski definition) is 5. The molecule has 2 amide bonds. The molecule has 1 fully saturated rings. The predicted octanol–water partition coefficient (Wildman–Crippen LogP) is 4.86. The van der Waals surface area contributed by atoms with Crippen LogP contribution in [0.3, 0.4) is 0 Å². The number of carbonyl (C=O) groups excluding carboxylic acids is 2. The highest BCUT2D eigenvalue weighted by Crippen LogP contribution is 2.33. The number of methoxy groups -OCH3 is 1. The zero-order chi connectivity index (χ0) is 21.6. The summed E-state index contributed by atoms with van der Waals surface area (Å²) < 4.78 is 5.21. The van der Waals surface area contributed by atoms with E-state index in [0.717, 1.165) is 5.69 Å². The second-order valence-electron chi connectivity index (χ2n) is 6.83. The molecule has 1 aliphatic rings. The normalized spacial score (nSPS) is 17.5. The summed E-state index contributed by atoms with van der Waals surface area (Å²) in [6.45, 7) is 0. The Morgan fingerprint density at radius 1 is 1.03 bits per heavy atom. The number of benzene rings is 3. The smallest absolute Gasteiger partial charge is 0.238 e. The minimum absolute atomic E-state index is 0.0726. The Hall–Kier alpha value is -3.58. The third-order valence-corrected chi connectivity index (χ3v) is 5.82. The molecule has 7 heteroatoms. The van der Waals surface area contributed by atoms with Crippen molar-refractivity contribution in [1.29, 1.82) is 0 Å². The zero-order valence-electron chi connectivity index (χ0n) is 16.9. The summed E-state index contributed by atoms with van der Waals surface area (Å²) in [5.41, 5.74) is 2.05. The number of nitrogens with zero attached hydrogens (tertiary/aromatic N) is 2. The SMILES string of the molecule is COc1cccc(NC(=O)C2CC(=O)N(c3ccccc3)C(=Nc3ccccc3)S2)c1. The van der Waals surface area contributed by atoms with Crippen molar-refractivity contribution in [3.8, 4) is 5.75 Å². The Morgan fingerprint density at radius 2 is 1.74 bits per heavy atom. The number of thioether (sulfide) groups is 1. The van der Waals surface area contributed by atoms with Gasteiger partial charge in [0.05, 0.1) is 18.5 Å². The molecule has 1 aliphatic heterocycles. The molecule has 4 rings (SSSR count). The van der Waals surface area contributed by atoms with Gasteiger partial charge in [-0.25, -0.2) is 4.99 Å². The van der Waals surface area contributed by atoms with Crippen molar-refractivity contribution in [1.82, 2.24) is 0 Å². The molecule has 156 valence electrons. The van der Waals surface area contributed by atoms with Crippen molar-refractivity contribution < 1.29 is 14.3 Å². The Labute approximate surface area is 184 Å². The number of para-hydroxylation sites is 2. The summed E-state index contributed by atoms with van der Waals surface area (Å²) in [7, 11) is 1.57. The van der Waals surface area contributed by atoms with Gasteiger partial charge in [0, 0.05) is 18.2 Å². The minimum Gasteiger partial charge on any atom is -0.497 e. The number of aliphatic imine (C=N–C) groups is 1. The van der Waals surface area contributed by atoms with Crippen LogP contribution in [0.2, 0.25) is 0 Å². The van der Waals surface area contributed by atoms with E-state index < -0.39 is 5.25 Å². The minimum atomic E-state index is -0.596. The summed E-state index contributed by atoms with van der Waals surface area (Å²) in [5, 5.41) is 2.76. The summed E-state index contributed by atoms with van der Waals surface area (Å²) in [6, 6.07) is 25.9. The fraction of sp³-hybridized carbons (Fsp3) is 0.125. The Balaban J connectivity index is 1.61. The van der Waals surface area contributed by atoms with Gasteiger partial charge in [0.2, 0.25) is 11.8 Å². The number of nitrogens with one attached hydrogen (secondary N) is 1. The van der Waals surface area contributed by atoms with Gasteiger partial charge < -0.3 is 10.1 Å². The number of ether oxygens (including phenoxy) is 1. The van der Waals surface area contributed by atoms with Crippen LogP contribution in [0.5, 0.6) is 5.75 Å². The average Bonchev–Trinajstić information content (AvgIpc) is 2.80. The molecule has 1 heterocycles. The van der Waals surface area contributed by atoms with Crippen LogP contribution >= 0.6 is 11.8 Å². The van der Waals surface area contributed by atoms with Crippen LogP contribution in [-0.4, -0.2) is 29.3 Å². The van der Waals surface area contributed by atoms with Gasteiger partial charge >= 0.3 is 0 Å². The van der Waals surface area contributed by atoms with E-state index in [1.807, 2.05) is 60.7 Å². The number of carbonyl (C=O) groups is 2. The zero-order valence-corrected chi connectivity index (χ0v) is 17.7. The molecular weight excluding hydrogens is 410 g/mol. The number of rotatable bonds is 5. The first kappa shape index (κ1) is 20.7. The van der Waals surface area contributed by atoms with Gasteiger partial charge in [-0.15, -0.1) is 0 Å². The van der Waals surface area contributed by atoms with Crippen molar-refractivity contribution >= 4 is 45.8 Å². The Kier molecular flexibility index (Phi) is 6.33. The van der Waals surface area contributed by atoms with E-state index in [9.17, 15) is 9.59 Å². The number of amidine groups is 1. The number of hydrogen-bond donors (Lipinski definition) is 1. The van der Waals surface area contributed by atoms with Crippen LogP contribution in [0.15, 0.2) is 89.9 Å². The first-order chi connectivity index (χ1) is 15.1. The molecule has 6 nitrogen and oxygen atoms in total. The van der Waals surface area contributed by atoms with E-state index in [-0.39, 0.29) is 18.2 Å². The maximum absolute atomic E-state index is 13.1. The molecule has 1 saturated heterocycles. The fourth-order valence-corrected chi connectivity index (χ4v) is 4.29. The first-order valence-corrected chi connectivity index (χ1v) is 10.7. The summed E-state index contributed by atoms with van der Waals surface area (Å²) in [5.74, 6) is 0.220. The molecule has 0 spiro atoms. The van der Waals surface area contributed by atoms with Gasteiger partial charge in [-0.1, -0.05) is 54.2 Å². The first-order valence-electron chi connectivity index (χ1n) is 9.77. The van der Waals surface area contributed by atoms with Gasteiger partial charge in [-0.05, 0) is 36.4 Å². The molecular formula is C24H21N3O3S. The Bertz CT molecular complexity index is 1100. The topological polar surface area (TPSA) is 71.0 Å². The van der Waals surface area contributed by atoms with Crippen molar-refractivity contribution in [3.05, 3.63) is 84.9 Å². The summed E-state index contributed by atoms with van der Waals surface area (Å²) in [6.07, 6.45) is 0.0726. The highest BCUT2D eigenvalue weighted by molar-refractivity contribution is 8.15. The lowest BCUT2D eigenvalue weighted by molar-refractivity contribution is -0.121. The summed E-state index contributed by atoms with van der Waals surface area (Å²) in [4.78, 5) is 32.3. The fourth-order valence-electron chi connectivity index (χ4n) is 3.17. The molecule has 1 N–H and O–H groups in total. The van der Waals surface area contributed by atoms with Gasteiger partial charge in [-0.3, -0.25) is 14.5 Å². The largest absolute Gasteiger partial charge is 0.497 e. The van der Waals surface area contributed by atoms with Gasteiger partial charge in [0.25, 0.3) is 0 Å². The molecule has 1 atom stereocenters. The lowest BCUT2D eigenvalue weighted by atomic mass is 10.2. The van der Waals surface area contributed by atoms with Crippen LogP contribution in [0, 0.1) is 0 Å². The second kappa shape index (κ2) is 9.49. The molecule has 0 bridgehead atoms. The lowest BCUT2D eigenvalue weighted by Crippen LogP contribution is -2.45. The van der Waals surface area contributed by atoms with Crippen molar-refractivity contribution in [3.63, 3.8) is 0 Å². The lowest BCUT2D eigenvalue weighted by Gasteiger charge is -2.31. The monoisotopic (exact) mass is 431 g/mol.